The average molecular weight is 373 g/mol. The number of carbonyl (C=O) groups is 1. The van der Waals surface area contributed by atoms with Crippen LogP contribution in [0.25, 0.3) is 11.4 Å². The summed E-state index contributed by atoms with van der Waals surface area (Å²) in [6.45, 7) is 1.50. The second-order valence-corrected chi connectivity index (χ2v) is 7.72. The van der Waals surface area contributed by atoms with E-state index in [1.165, 1.54) is 12.8 Å². The summed E-state index contributed by atoms with van der Waals surface area (Å²) in [4.78, 5) is 17.8. The molecule has 142 valence electrons. The Balaban J connectivity index is 1.34. The van der Waals surface area contributed by atoms with Crippen LogP contribution in [0, 0.1) is 0 Å². The molecule has 5 rings (SSSR count). The van der Waals surface area contributed by atoms with Crippen LogP contribution < -0.4 is 10.6 Å². The van der Waals surface area contributed by atoms with Crippen LogP contribution in [0.3, 0.4) is 0 Å². The van der Waals surface area contributed by atoms with Gasteiger partial charge in [0.1, 0.15) is 5.82 Å². The van der Waals surface area contributed by atoms with Crippen LogP contribution in [0.5, 0.6) is 0 Å². The highest BCUT2D eigenvalue weighted by Gasteiger charge is 2.42. The zero-order valence-corrected chi connectivity index (χ0v) is 15.6. The molecule has 0 bridgehead atoms. The maximum absolute atomic E-state index is 13.2. The number of amides is 1. The summed E-state index contributed by atoms with van der Waals surface area (Å²) in [5.74, 6) is 2.27. The second kappa shape index (κ2) is 6.87. The lowest BCUT2D eigenvalue weighted by Crippen LogP contribution is -2.42. The van der Waals surface area contributed by atoms with E-state index >= 15 is 0 Å². The van der Waals surface area contributed by atoms with Crippen LogP contribution in [0.15, 0.2) is 54.6 Å². The number of nitrogens with zero attached hydrogens (tertiary/aromatic N) is 2. The average Bonchev–Trinajstić information content (AvgIpc) is 3.26. The first-order chi connectivity index (χ1) is 13.7. The Morgan fingerprint density at radius 1 is 1.07 bits per heavy atom. The maximum Gasteiger partial charge on any atom is 0.236 e. The van der Waals surface area contributed by atoms with Crippen molar-refractivity contribution in [3.8, 4) is 11.4 Å². The molecule has 6 nitrogen and oxygen atoms in total. The molecule has 3 aromatic rings. The minimum absolute atomic E-state index is 0.0327. The molecule has 1 aromatic heterocycles. The SMILES string of the molecule is O=C(Nc1ccc(-c2n[nH]c(C3CC3)n2)cc1)C1(c2ccccc2)CCNC1. The predicted molar refractivity (Wildman–Crippen MR) is 108 cm³/mol. The molecule has 1 aliphatic carbocycles. The normalized spacial score (nSPS) is 21.6. The molecular weight excluding hydrogens is 350 g/mol. The van der Waals surface area contributed by atoms with E-state index in [0.717, 1.165) is 35.6 Å². The number of aromatic nitrogens is 3. The van der Waals surface area contributed by atoms with Crippen molar-refractivity contribution in [2.75, 3.05) is 18.4 Å². The smallest absolute Gasteiger partial charge is 0.236 e. The number of carbonyl (C=O) groups excluding carboxylic acids is 1. The lowest BCUT2D eigenvalue weighted by Gasteiger charge is -2.27. The van der Waals surface area contributed by atoms with Gasteiger partial charge in [0.2, 0.25) is 5.91 Å². The summed E-state index contributed by atoms with van der Waals surface area (Å²) < 4.78 is 0. The molecule has 1 saturated heterocycles. The number of aromatic amines is 1. The van der Waals surface area contributed by atoms with E-state index in [-0.39, 0.29) is 5.91 Å². The fourth-order valence-electron chi connectivity index (χ4n) is 3.92. The van der Waals surface area contributed by atoms with Crippen molar-refractivity contribution >= 4 is 11.6 Å². The molecule has 2 heterocycles. The Bertz CT molecular complexity index is 970. The molecule has 1 atom stereocenters. The summed E-state index contributed by atoms with van der Waals surface area (Å²) in [7, 11) is 0. The van der Waals surface area contributed by atoms with Crippen molar-refractivity contribution in [1.29, 1.82) is 0 Å². The third-order valence-electron chi connectivity index (χ3n) is 5.78. The Kier molecular flexibility index (Phi) is 4.20. The van der Waals surface area contributed by atoms with Gasteiger partial charge in [-0.15, -0.1) is 0 Å². The number of anilines is 1. The van der Waals surface area contributed by atoms with Crippen LogP contribution in [-0.2, 0) is 10.2 Å². The molecule has 6 heteroatoms. The first kappa shape index (κ1) is 17.1. The highest BCUT2D eigenvalue weighted by Crippen LogP contribution is 2.38. The van der Waals surface area contributed by atoms with Crippen molar-refractivity contribution in [3.05, 3.63) is 66.0 Å². The van der Waals surface area contributed by atoms with Crippen LogP contribution >= 0.6 is 0 Å². The third-order valence-corrected chi connectivity index (χ3v) is 5.78. The summed E-state index contributed by atoms with van der Waals surface area (Å²) in [6, 6.07) is 17.8. The zero-order chi connectivity index (χ0) is 19.0. The summed E-state index contributed by atoms with van der Waals surface area (Å²) in [5.41, 5.74) is 2.26. The first-order valence-corrected chi connectivity index (χ1v) is 9.85. The summed E-state index contributed by atoms with van der Waals surface area (Å²) in [5, 5.41) is 13.8. The molecule has 3 N–H and O–H groups in total. The number of hydrogen-bond acceptors (Lipinski definition) is 4. The largest absolute Gasteiger partial charge is 0.325 e. The molecule has 1 saturated carbocycles. The topological polar surface area (TPSA) is 82.7 Å². The van der Waals surface area contributed by atoms with Crippen LogP contribution in [0.2, 0.25) is 0 Å². The molecular formula is C22H23N5O. The van der Waals surface area contributed by atoms with E-state index in [1.54, 1.807) is 0 Å². The zero-order valence-electron chi connectivity index (χ0n) is 15.6. The third kappa shape index (κ3) is 3.10. The minimum atomic E-state index is -0.525. The highest BCUT2D eigenvalue weighted by molar-refractivity contribution is 5.99. The van der Waals surface area contributed by atoms with Gasteiger partial charge in [0.05, 0.1) is 5.41 Å². The van der Waals surface area contributed by atoms with Crippen LogP contribution in [-0.4, -0.2) is 34.2 Å². The van der Waals surface area contributed by atoms with E-state index in [1.807, 2.05) is 54.6 Å². The van der Waals surface area contributed by atoms with Gasteiger partial charge in [-0.2, -0.15) is 5.10 Å². The van der Waals surface area contributed by atoms with Crippen molar-refractivity contribution in [2.45, 2.75) is 30.6 Å². The van der Waals surface area contributed by atoms with Crippen molar-refractivity contribution in [2.24, 2.45) is 0 Å². The summed E-state index contributed by atoms with van der Waals surface area (Å²) in [6.07, 6.45) is 3.18. The molecule has 2 aliphatic rings. The molecule has 0 radical (unpaired) electrons. The molecule has 1 amide bonds. The van der Waals surface area contributed by atoms with E-state index in [9.17, 15) is 4.79 Å². The minimum Gasteiger partial charge on any atom is -0.325 e. The van der Waals surface area contributed by atoms with Gasteiger partial charge in [-0.25, -0.2) is 4.98 Å². The monoisotopic (exact) mass is 373 g/mol. The Morgan fingerprint density at radius 3 is 2.54 bits per heavy atom. The molecule has 2 fully saturated rings. The Hall–Kier alpha value is -2.99. The number of H-pyrrole nitrogens is 1. The van der Waals surface area contributed by atoms with Crippen LogP contribution in [0.1, 0.15) is 36.6 Å². The van der Waals surface area contributed by atoms with Gasteiger partial charge >= 0.3 is 0 Å². The maximum atomic E-state index is 13.2. The quantitative estimate of drug-likeness (QED) is 0.641. The van der Waals surface area contributed by atoms with Gasteiger partial charge in [-0.05, 0) is 55.6 Å². The van der Waals surface area contributed by atoms with Gasteiger partial charge in [0.25, 0.3) is 0 Å². The van der Waals surface area contributed by atoms with E-state index in [2.05, 4.69) is 25.8 Å². The number of nitrogens with one attached hydrogen (secondary N) is 3. The van der Waals surface area contributed by atoms with Gasteiger partial charge < -0.3 is 10.6 Å². The number of hydrogen-bond donors (Lipinski definition) is 3. The molecule has 1 aliphatic heterocycles. The van der Waals surface area contributed by atoms with Gasteiger partial charge in [0, 0.05) is 23.7 Å². The second-order valence-electron chi connectivity index (χ2n) is 7.72. The van der Waals surface area contributed by atoms with Crippen LogP contribution in [0.4, 0.5) is 5.69 Å². The van der Waals surface area contributed by atoms with Gasteiger partial charge in [-0.3, -0.25) is 9.89 Å². The van der Waals surface area contributed by atoms with Gasteiger partial charge in [-0.1, -0.05) is 30.3 Å². The lowest BCUT2D eigenvalue weighted by molar-refractivity contribution is -0.121. The fraction of sp³-hybridized carbons (Fsp3) is 0.318. The highest BCUT2D eigenvalue weighted by atomic mass is 16.2. The van der Waals surface area contributed by atoms with Crippen molar-refractivity contribution in [1.82, 2.24) is 20.5 Å². The lowest BCUT2D eigenvalue weighted by atomic mass is 9.78. The molecule has 2 aromatic carbocycles. The van der Waals surface area contributed by atoms with E-state index in [4.69, 9.17) is 0 Å². The number of rotatable bonds is 5. The summed E-state index contributed by atoms with van der Waals surface area (Å²) >= 11 is 0. The van der Waals surface area contributed by atoms with Crippen molar-refractivity contribution in [3.63, 3.8) is 0 Å². The van der Waals surface area contributed by atoms with Gasteiger partial charge in [0.15, 0.2) is 5.82 Å². The molecule has 1 unspecified atom stereocenters. The molecule has 28 heavy (non-hydrogen) atoms. The first-order valence-electron chi connectivity index (χ1n) is 9.85. The number of benzene rings is 2. The fourth-order valence-corrected chi connectivity index (χ4v) is 3.92. The standard InChI is InChI=1S/C22H23N5O/c28-21(22(12-13-23-14-22)17-4-2-1-3-5-17)24-18-10-8-16(9-11-18)20-25-19(26-27-20)15-6-7-15/h1-5,8-11,15,23H,6-7,12-14H2,(H,24,28)(H,25,26,27). The predicted octanol–water partition coefficient (Wildman–Crippen LogP) is 3.22. The molecule has 0 spiro atoms. The van der Waals surface area contributed by atoms with Crippen molar-refractivity contribution < 1.29 is 4.79 Å². The van der Waals surface area contributed by atoms with E-state index in [0.29, 0.717) is 18.3 Å². The Morgan fingerprint density at radius 2 is 1.86 bits per heavy atom. The Labute approximate surface area is 163 Å². The van der Waals surface area contributed by atoms with E-state index < -0.39 is 5.41 Å².